The van der Waals surface area contributed by atoms with E-state index in [-0.39, 0.29) is 5.41 Å². The summed E-state index contributed by atoms with van der Waals surface area (Å²) >= 11 is 0. The van der Waals surface area contributed by atoms with Gasteiger partial charge < -0.3 is 5.73 Å². The Morgan fingerprint density at radius 3 is 2.33 bits per heavy atom. The van der Waals surface area contributed by atoms with E-state index in [0.29, 0.717) is 0 Å². The Balaban J connectivity index is 2.83. The van der Waals surface area contributed by atoms with Crippen molar-refractivity contribution in [3.63, 3.8) is 0 Å². The SMILES string of the molecule is CC(C)(C)c1cc(N)cc2ccccc12. The summed E-state index contributed by atoms with van der Waals surface area (Å²) in [5.74, 6) is 0. The third kappa shape index (κ3) is 1.82. The van der Waals surface area contributed by atoms with Crippen LogP contribution in [-0.4, -0.2) is 0 Å². The molecule has 1 nitrogen and oxygen atoms in total. The van der Waals surface area contributed by atoms with E-state index in [1.54, 1.807) is 0 Å². The van der Waals surface area contributed by atoms with E-state index in [4.69, 9.17) is 5.73 Å². The van der Waals surface area contributed by atoms with E-state index in [2.05, 4.69) is 45.0 Å². The molecule has 0 radical (unpaired) electrons. The molecule has 0 heterocycles. The number of nitrogens with two attached hydrogens (primary N) is 1. The molecule has 0 aliphatic carbocycles. The van der Waals surface area contributed by atoms with Crippen molar-refractivity contribution in [1.82, 2.24) is 0 Å². The van der Waals surface area contributed by atoms with Gasteiger partial charge in [-0.25, -0.2) is 0 Å². The van der Waals surface area contributed by atoms with E-state index in [1.807, 2.05) is 12.1 Å². The quantitative estimate of drug-likeness (QED) is 0.643. The van der Waals surface area contributed by atoms with Gasteiger partial charge in [0.25, 0.3) is 0 Å². The molecule has 2 rings (SSSR count). The molecule has 0 aromatic heterocycles. The normalized spacial score (nSPS) is 11.9. The fraction of sp³-hybridized carbons (Fsp3) is 0.286. The first-order valence-corrected chi connectivity index (χ1v) is 5.27. The molecule has 2 N–H and O–H groups in total. The largest absolute Gasteiger partial charge is 0.399 e. The van der Waals surface area contributed by atoms with Crippen LogP contribution in [0.4, 0.5) is 5.69 Å². The molecule has 2 aromatic rings. The number of anilines is 1. The lowest BCUT2D eigenvalue weighted by atomic mass is 9.83. The Bertz CT molecular complexity index is 492. The van der Waals surface area contributed by atoms with Gasteiger partial charge in [-0.05, 0) is 33.9 Å². The lowest BCUT2D eigenvalue weighted by Crippen LogP contribution is -2.12. The first kappa shape index (κ1) is 10.0. The Morgan fingerprint density at radius 2 is 1.67 bits per heavy atom. The maximum Gasteiger partial charge on any atom is 0.0323 e. The predicted molar refractivity (Wildman–Crippen MR) is 67.1 cm³/mol. The van der Waals surface area contributed by atoms with Crippen molar-refractivity contribution in [3.8, 4) is 0 Å². The van der Waals surface area contributed by atoms with Crippen LogP contribution in [-0.2, 0) is 5.41 Å². The molecule has 1 heteroatoms. The summed E-state index contributed by atoms with van der Waals surface area (Å²) in [7, 11) is 0. The molecule has 0 saturated carbocycles. The zero-order valence-electron chi connectivity index (χ0n) is 9.54. The van der Waals surface area contributed by atoms with Crippen LogP contribution in [0.2, 0.25) is 0 Å². The molecule has 0 atom stereocenters. The van der Waals surface area contributed by atoms with Crippen LogP contribution in [0.3, 0.4) is 0 Å². The number of rotatable bonds is 0. The topological polar surface area (TPSA) is 26.0 Å². The highest BCUT2D eigenvalue weighted by atomic mass is 14.5. The van der Waals surface area contributed by atoms with Gasteiger partial charge in [0.2, 0.25) is 0 Å². The van der Waals surface area contributed by atoms with Gasteiger partial charge in [0.05, 0.1) is 0 Å². The van der Waals surface area contributed by atoms with Gasteiger partial charge in [0.15, 0.2) is 0 Å². The third-order valence-electron chi connectivity index (χ3n) is 2.69. The molecule has 0 fully saturated rings. The Hall–Kier alpha value is -1.50. The second-order valence-electron chi connectivity index (χ2n) is 5.04. The lowest BCUT2D eigenvalue weighted by molar-refractivity contribution is 0.596. The maximum absolute atomic E-state index is 5.92. The minimum Gasteiger partial charge on any atom is -0.399 e. The monoisotopic (exact) mass is 199 g/mol. The Kier molecular flexibility index (Phi) is 2.18. The zero-order chi connectivity index (χ0) is 11.1. The first-order valence-electron chi connectivity index (χ1n) is 5.27. The fourth-order valence-electron chi connectivity index (χ4n) is 1.95. The van der Waals surface area contributed by atoms with E-state index in [0.717, 1.165) is 5.69 Å². The molecule has 2 aromatic carbocycles. The molecule has 0 unspecified atom stereocenters. The van der Waals surface area contributed by atoms with Crippen molar-refractivity contribution < 1.29 is 0 Å². The summed E-state index contributed by atoms with van der Waals surface area (Å²) < 4.78 is 0. The molecular formula is C14H17N. The second kappa shape index (κ2) is 3.27. The van der Waals surface area contributed by atoms with Crippen molar-refractivity contribution in [1.29, 1.82) is 0 Å². The van der Waals surface area contributed by atoms with Gasteiger partial charge in [-0.2, -0.15) is 0 Å². The lowest BCUT2D eigenvalue weighted by Gasteiger charge is -2.22. The van der Waals surface area contributed by atoms with Gasteiger partial charge in [-0.1, -0.05) is 45.0 Å². The standard InChI is InChI=1S/C14H17N/c1-14(2,3)13-9-11(15)8-10-6-4-5-7-12(10)13/h4-9H,15H2,1-3H3. The highest BCUT2D eigenvalue weighted by molar-refractivity contribution is 5.89. The van der Waals surface area contributed by atoms with Gasteiger partial charge in [-0.15, -0.1) is 0 Å². The molecule has 0 aliphatic heterocycles. The number of hydrogen-bond donors (Lipinski definition) is 1. The molecule has 15 heavy (non-hydrogen) atoms. The zero-order valence-corrected chi connectivity index (χ0v) is 9.54. The molecular weight excluding hydrogens is 182 g/mol. The summed E-state index contributed by atoms with van der Waals surface area (Å²) in [5.41, 5.74) is 8.22. The molecule has 0 spiro atoms. The third-order valence-corrected chi connectivity index (χ3v) is 2.69. The van der Waals surface area contributed by atoms with E-state index in [1.165, 1.54) is 16.3 Å². The fourth-order valence-corrected chi connectivity index (χ4v) is 1.95. The van der Waals surface area contributed by atoms with Crippen LogP contribution in [0.15, 0.2) is 36.4 Å². The summed E-state index contributed by atoms with van der Waals surface area (Å²) in [6, 6.07) is 12.5. The smallest absolute Gasteiger partial charge is 0.0323 e. The maximum atomic E-state index is 5.92. The molecule has 0 saturated heterocycles. The minimum absolute atomic E-state index is 0.134. The van der Waals surface area contributed by atoms with Crippen LogP contribution in [0.5, 0.6) is 0 Å². The highest BCUT2D eigenvalue weighted by Crippen LogP contribution is 2.31. The highest BCUT2D eigenvalue weighted by Gasteiger charge is 2.16. The van der Waals surface area contributed by atoms with Crippen molar-refractivity contribution in [2.75, 3.05) is 5.73 Å². The average molecular weight is 199 g/mol. The van der Waals surface area contributed by atoms with Gasteiger partial charge in [-0.3, -0.25) is 0 Å². The van der Waals surface area contributed by atoms with Crippen molar-refractivity contribution >= 4 is 16.5 Å². The molecule has 0 bridgehead atoms. The number of benzene rings is 2. The molecule has 78 valence electrons. The van der Waals surface area contributed by atoms with E-state index in [9.17, 15) is 0 Å². The van der Waals surface area contributed by atoms with Crippen molar-refractivity contribution in [2.24, 2.45) is 0 Å². The Morgan fingerprint density at radius 1 is 1.00 bits per heavy atom. The van der Waals surface area contributed by atoms with Crippen LogP contribution in [0.1, 0.15) is 26.3 Å². The molecule has 0 amide bonds. The van der Waals surface area contributed by atoms with E-state index < -0.39 is 0 Å². The number of hydrogen-bond acceptors (Lipinski definition) is 1. The Labute approximate surface area is 90.9 Å². The summed E-state index contributed by atoms with van der Waals surface area (Å²) in [4.78, 5) is 0. The summed E-state index contributed by atoms with van der Waals surface area (Å²) in [6.45, 7) is 6.65. The molecule has 0 aliphatic rings. The summed E-state index contributed by atoms with van der Waals surface area (Å²) in [5, 5.41) is 2.53. The van der Waals surface area contributed by atoms with Gasteiger partial charge in [0.1, 0.15) is 0 Å². The first-order chi connectivity index (χ1) is 6.98. The number of nitrogen functional groups attached to an aromatic ring is 1. The van der Waals surface area contributed by atoms with Crippen LogP contribution in [0.25, 0.3) is 10.8 Å². The number of fused-ring (bicyclic) bond motifs is 1. The van der Waals surface area contributed by atoms with Crippen LogP contribution in [0, 0.1) is 0 Å². The minimum atomic E-state index is 0.134. The van der Waals surface area contributed by atoms with Gasteiger partial charge >= 0.3 is 0 Å². The van der Waals surface area contributed by atoms with Crippen molar-refractivity contribution in [3.05, 3.63) is 42.0 Å². The summed E-state index contributed by atoms with van der Waals surface area (Å²) in [6.07, 6.45) is 0. The second-order valence-corrected chi connectivity index (χ2v) is 5.04. The van der Waals surface area contributed by atoms with Crippen molar-refractivity contribution in [2.45, 2.75) is 26.2 Å². The van der Waals surface area contributed by atoms with E-state index >= 15 is 0 Å². The van der Waals surface area contributed by atoms with Crippen LogP contribution >= 0.6 is 0 Å². The van der Waals surface area contributed by atoms with Gasteiger partial charge in [0, 0.05) is 5.69 Å². The van der Waals surface area contributed by atoms with Crippen LogP contribution < -0.4 is 5.73 Å². The predicted octanol–water partition coefficient (Wildman–Crippen LogP) is 3.72. The average Bonchev–Trinajstić information content (AvgIpc) is 2.15.